The first-order chi connectivity index (χ1) is 19.7. The molecule has 6 aliphatic rings. The maximum atomic E-state index is 2.95. The van der Waals surface area contributed by atoms with E-state index in [0.29, 0.717) is 5.41 Å². The topological polar surface area (TPSA) is 0 Å². The molecule has 0 bridgehead atoms. The van der Waals surface area contributed by atoms with Gasteiger partial charge in [-0.25, -0.2) is 0 Å². The lowest BCUT2D eigenvalue weighted by molar-refractivity contribution is 0.107. The first-order valence-electron chi connectivity index (χ1n) is 19.0. The van der Waals surface area contributed by atoms with Gasteiger partial charge in [-0.15, -0.1) is 0 Å². The Kier molecular flexibility index (Phi) is 9.52. The zero-order chi connectivity index (χ0) is 30.3. The summed E-state index contributed by atoms with van der Waals surface area (Å²) < 4.78 is 0. The van der Waals surface area contributed by atoms with Gasteiger partial charge in [-0.1, -0.05) is 94.7 Å². The van der Waals surface area contributed by atoms with E-state index < -0.39 is 8.07 Å². The molecule has 0 aromatic carbocycles. The largest absolute Gasteiger partial charge is 0.155 e. The average Bonchev–Trinajstić information content (AvgIpc) is 3.60. The molecule has 242 valence electrons. The van der Waals surface area contributed by atoms with E-state index in [0.717, 1.165) is 97.2 Å². The molecule has 0 aromatic rings. The summed E-state index contributed by atoms with van der Waals surface area (Å²) in [5.41, 5.74) is 2.59. The highest BCUT2D eigenvalue weighted by atomic mass is 32.2. The van der Waals surface area contributed by atoms with Gasteiger partial charge < -0.3 is 0 Å². The normalized spacial score (nSPS) is 51.7. The quantitative estimate of drug-likeness (QED) is 0.277. The fourth-order valence-electron chi connectivity index (χ4n) is 13.6. The summed E-state index contributed by atoms with van der Waals surface area (Å²) in [7, 11) is -1.51. The molecule has 6 fully saturated rings. The second-order valence-electron chi connectivity index (χ2n) is 19.2. The van der Waals surface area contributed by atoms with Gasteiger partial charge in [0.1, 0.15) is 0 Å². The third-order valence-corrected chi connectivity index (χ3v) is 24.5. The molecule has 0 aromatic heterocycles. The summed E-state index contributed by atoms with van der Waals surface area (Å²) in [5.74, 6) is 10.8. The van der Waals surface area contributed by atoms with Crippen LogP contribution in [0.25, 0.3) is 0 Å². The molecule has 4 aliphatic carbocycles. The van der Waals surface area contributed by atoms with Crippen molar-refractivity contribution in [3.8, 4) is 0 Å². The Labute approximate surface area is 272 Å². The Bertz CT molecular complexity index is 929. The molecular weight excluding hydrogens is 561 g/mol. The van der Waals surface area contributed by atoms with Crippen LogP contribution in [0.1, 0.15) is 127 Å². The van der Waals surface area contributed by atoms with Gasteiger partial charge in [0, 0.05) is 21.0 Å². The van der Waals surface area contributed by atoms with Gasteiger partial charge in [0.15, 0.2) is 0 Å². The second-order valence-corrected chi connectivity index (χ2v) is 27.3. The molecule has 6 rings (SSSR count). The van der Waals surface area contributed by atoms with E-state index in [9.17, 15) is 0 Å². The van der Waals surface area contributed by atoms with Crippen molar-refractivity contribution in [2.24, 2.45) is 70.5 Å². The second kappa shape index (κ2) is 12.2. The molecule has 0 amide bonds. The van der Waals surface area contributed by atoms with Crippen molar-refractivity contribution >= 4 is 31.6 Å². The smallest absolute Gasteiger partial charge is 0.0564 e. The predicted octanol–water partition coefficient (Wildman–Crippen LogP) is 12.3. The van der Waals surface area contributed by atoms with E-state index in [1.54, 1.807) is 12.8 Å². The minimum Gasteiger partial charge on any atom is -0.155 e. The Morgan fingerprint density at radius 1 is 0.643 bits per heavy atom. The van der Waals surface area contributed by atoms with E-state index in [1.807, 2.05) is 0 Å². The van der Waals surface area contributed by atoms with Crippen LogP contribution in [0.5, 0.6) is 0 Å². The fraction of sp³-hybridized carbons (Fsp3) is 1.00. The van der Waals surface area contributed by atoms with E-state index in [2.05, 4.69) is 98.9 Å². The number of hydrogen-bond acceptors (Lipinski definition) is 2. The van der Waals surface area contributed by atoms with Crippen LogP contribution >= 0.6 is 23.5 Å². The van der Waals surface area contributed by atoms with Crippen molar-refractivity contribution in [1.29, 1.82) is 0 Å². The van der Waals surface area contributed by atoms with Crippen LogP contribution in [0, 0.1) is 70.5 Å². The summed E-state index contributed by atoms with van der Waals surface area (Å²) in [4.78, 5) is 0. The molecule has 0 nitrogen and oxygen atoms in total. The summed E-state index contributed by atoms with van der Waals surface area (Å²) in [6, 6.07) is 0. The Morgan fingerprint density at radius 3 is 1.81 bits per heavy atom. The standard InChI is InChI=1S/C39H70S2Si/c1-22(2)30-21-32-34(29-15-13-12-14-23(29)3)26(6)41-36(32)38(30)42(10,11)37-24(4)20-31-33(25(5)40-35(31)37)27-16-18-28(19-17-27)39(7,8)9/h22-38H,12-21H2,1-11H3. The van der Waals surface area contributed by atoms with Gasteiger partial charge in [0.25, 0.3) is 0 Å². The van der Waals surface area contributed by atoms with Crippen LogP contribution in [-0.4, -0.2) is 29.1 Å². The van der Waals surface area contributed by atoms with Gasteiger partial charge in [0.05, 0.1) is 8.07 Å². The molecule has 4 saturated carbocycles. The highest BCUT2D eigenvalue weighted by Crippen LogP contribution is 2.70. The van der Waals surface area contributed by atoms with Crippen LogP contribution in [0.4, 0.5) is 0 Å². The fourth-order valence-corrected chi connectivity index (χ4v) is 26.0. The van der Waals surface area contributed by atoms with E-state index >= 15 is 0 Å². The maximum Gasteiger partial charge on any atom is 0.0564 e. The number of thioether (sulfide) groups is 2. The molecule has 0 N–H and O–H groups in total. The summed E-state index contributed by atoms with van der Waals surface area (Å²) >= 11 is 5.06. The Hall–Kier alpha value is 0.917. The maximum absolute atomic E-state index is 2.95. The minimum absolute atomic E-state index is 0.502. The molecule has 14 atom stereocenters. The molecule has 14 unspecified atom stereocenters. The minimum atomic E-state index is -1.51. The zero-order valence-electron chi connectivity index (χ0n) is 29.7. The molecule has 0 spiro atoms. The molecule has 2 heterocycles. The monoisotopic (exact) mass is 630 g/mol. The highest BCUT2D eigenvalue weighted by molar-refractivity contribution is 8.01. The summed E-state index contributed by atoms with van der Waals surface area (Å²) in [6.45, 7) is 29.3. The Morgan fingerprint density at radius 2 is 1.21 bits per heavy atom. The molecule has 0 radical (unpaired) electrons. The van der Waals surface area contributed by atoms with E-state index in [4.69, 9.17) is 0 Å². The van der Waals surface area contributed by atoms with Crippen molar-refractivity contribution in [2.45, 2.75) is 172 Å². The first-order valence-corrected chi connectivity index (χ1v) is 24.1. The molecule has 2 aliphatic heterocycles. The lowest BCUT2D eigenvalue weighted by atomic mass is 9.65. The third kappa shape index (κ3) is 5.60. The third-order valence-electron chi connectivity index (χ3n) is 15.4. The molecule has 42 heavy (non-hydrogen) atoms. The van der Waals surface area contributed by atoms with Gasteiger partial charge in [-0.05, 0) is 127 Å². The van der Waals surface area contributed by atoms with E-state index in [-0.39, 0.29) is 0 Å². The summed E-state index contributed by atoms with van der Waals surface area (Å²) in [6.07, 6.45) is 15.2. The van der Waals surface area contributed by atoms with E-state index in [1.165, 1.54) is 51.4 Å². The Balaban J connectivity index is 1.23. The van der Waals surface area contributed by atoms with Crippen LogP contribution in [0.3, 0.4) is 0 Å². The molecular formula is C39H70S2Si. The van der Waals surface area contributed by atoms with Crippen molar-refractivity contribution in [3.05, 3.63) is 0 Å². The highest BCUT2D eigenvalue weighted by Gasteiger charge is 2.65. The van der Waals surface area contributed by atoms with Crippen molar-refractivity contribution in [3.63, 3.8) is 0 Å². The van der Waals surface area contributed by atoms with Crippen molar-refractivity contribution in [1.82, 2.24) is 0 Å². The van der Waals surface area contributed by atoms with Crippen LogP contribution in [0.2, 0.25) is 24.2 Å². The van der Waals surface area contributed by atoms with Gasteiger partial charge >= 0.3 is 0 Å². The van der Waals surface area contributed by atoms with Crippen LogP contribution < -0.4 is 0 Å². The van der Waals surface area contributed by atoms with Crippen molar-refractivity contribution < 1.29 is 0 Å². The number of hydrogen-bond donors (Lipinski definition) is 0. The predicted molar refractivity (Wildman–Crippen MR) is 193 cm³/mol. The first kappa shape index (κ1) is 32.8. The van der Waals surface area contributed by atoms with Crippen molar-refractivity contribution in [2.75, 3.05) is 0 Å². The summed E-state index contributed by atoms with van der Waals surface area (Å²) in [5, 5.41) is 3.75. The van der Waals surface area contributed by atoms with Gasteiger partial charge in [0.2, 0.25) is 0 Å². The molecule has 2 saturated heterocycles. The lowest BCUT2D eigenvalue weighted by Gasteiger charge is -2.46. The number of fused-ring (bicyclic) bond motifs is 2. The molecule has 3 heteroatoms. The SMILES string of the molecule is CC(C)C1CC2C(SC(C)C2C2CCCCC2C)C1[Si](C)(C)C1C(C)CC2C1SC(C)C2C1CCC(C(C)(C)C)CC1. The van der Waals surface area contributed by atoms with Crippen LogP contribution in [-0.2, 0) is 0 Å². The lowest BCUT2D eigenvalue weighted by Crippen LogP contribution is -2.48. The zero-order valence-corrected chi connectivity index (χ0v) is 32.3. The number of rotatable bonds is 5. The average molecular weight is 631 g/mol. The van der Waals surface area contributed by atoms with Crippen LogP contribution in [0.15, 0.2) is 0 Å². The van der Waals surface area contributed by atoms with Gasteiger partial charge in [-0.3, -0.25) is 0 Å². The van der Waals surface area contributed by atoms with Gasteiger partial charge in [-0.2, -0.15) is 23.5 Å².